The van der Waals surface area contributed by atoms with E-state index in [-0.39, 0.29) is 10.5 Å². The van der Waals surface area contributed by atoms with Gasteiger partial charge >= 0.3 is 5.97 Å². The molecular formula is C16H24N2O5S. The van der Waals surface area contributed by atoms with Crippen molar-refractivity contribution < 1.29 is 22.7 Å². The summed E-state index contributed by atoms with van der Waals surface area (Å²) in [6.07, 6.45) is 0. The minimum Gasteiger partial charge on any atom is -0.467 e. The molecule has 0 unspecified atom stereocenters. The maximum absolute atomic E-state index is 12.5. The van der Waals surface area contributed by atoms with Crippen molar-refractivity contribution in [1.82, 2.24) is 9.62 Å². The number of methoxy groups -OCH3 is 1. The van der Waals surface area contributed by atoms with Crippen molar-refractivity contribution in [2.24, 2.45) is 0 Å². The third-order valence-electron chi connectivity index (χ3n) is 3.56. The summed E-state index contributed by atoms with van der Waals surface area (Å²) in [5, 5.41) is 2.54. The summed E-state index contributed by atoms with van der Waals surface area (Å²) in [5.74, 6) is -1.15. The molecule has 8 heteroatoms. The van der Waals surface area contributed by atoms with Gasteiger partial charge in [0.05, 0.1) is 12.0 Å². The zero-order valence-electron chi connectivity index (χ0n) is 14.6. The molecule has 0 radical (unpaired) electrons. The molecule has 24 heavy (non-hydrogen) atoms. The fourth-order valence-electron chi connectivity index (χ4n) is 2.17. The monoisotopic (exact) mass is 356 g/mol. The van der Waals surface area contributed by atoms with Crippen molar-refractivity contribution in [2.75, 3.05) is 20.2 Å². The van der Waals surface area contributed by atoms with Crippen LogP contribution >= 0.6 is 0 Å². The van der Waals surface area contributed by atoms with Crippen LogP contribution in [0.5, 0.6) is 0 Å². The molecule has 0 heterocycles. The van der Waals surface area contributed by atoms with Crippen molar-refractivity contribution in [1.29, 1.82) is 0 Å². The van der Waals surface area contributed by atoms with E-state index >= 15 is 0 Å². The lowest BCUT2D eigenvalue weighted by molar-refractivity contribution is -0.146. The fourth-order valence-corrected chi connectivity index (χ4v) is 3.68. The van der Waals surface area contributed by atoms with Gasteiger partial charge in [0.2, 0.25) is 10.0 Å². The Morgan fingerprint density at radius 1 is 1.21 bits per heavy atom. The van der Waals surface area contributed by atoms with E-state index in [2.05, 4.69) is 10.1 Å². The van der Waals surface area contributed by atoms with E-state index in [0.29, 0.717) is 13.1 Å². The van der Waals surface area contributed by atoms with Gasteiger partial charge in [-0.3, -0.25) is 4.79 Å². The van der Waals surface area contributed by atoms with E-state index in [1.54, 1.807) is 13.8 Å². The SMILES string of the molecule is CCN(CC)S(=O)(=O)c1cccc(C(=O)NC(C)(C)C(=O)OC)c1. The van der Waals surface area contributed by atoms with Gasteiger partial charge in [0.1, 0.15) is 5.54 Å². The summed E-state index contributed by atoms with van der Waals surface area (Å²) in [7, 11) is -2.43. The zero-order chi connectivity index (χ0) is 18.5. The quantitative estimate of drug-likeness (QED) is 0.746. The Morgan fingerprint density at radius 3 is 2.29 bits per heavy atom. The first-order chi connectivity index (χ1) is 11.1. The van der Waals surface area contributed by atoms with Gasteiger partial charge in [0, 0.05) is 18.7 Å². The van der Waals surface area contributed by atoms with Crippen molar-refractivity contribution in [2.45, 2.75) is 38.1 Å². The summed E-state index contributed by atoms with van der Waals surface area (Å²) in [5.41, 5.74) is -1.07. The van der Waals surface area contributed by atoms with E-state index in [4.69, 9.17) is 0 Å². The molecule has 1 aromatic carbocycles. The third-order valence-corrected chi connectivity index (χ3v) is 5.61. The maximum Gasteiger partial charge on any atom is 0.330 e. The lowest BCUT2D eigenvalue weighted by atomic mass is 10.1. The van der Waals surface area contributed by atoms with Crippen molar-refractivity contribution in [3.05, 3.63) is 29.8 Å². The van der Waals surface area contributed by atoms with E-state index in [1.165, 1.54) is 49.5 Å². The molecule has 0 spiro atoms. The molecule has 0 saturated heterocycles. The first kappa shape index (κ1) is 20.1. The number of nitrogens with zero attached hydrogens (tertiary/aromatic N) is 1. The summed E-state index contributed by atoms with van der Waals surface area (Å²) >= 11 is 0. The molecule has 1 N–H and O–H groups in total. The molecule has 0 aliphatic rings. The van der Waals surface area contributed by atoms with Gasteiger partial charge in [0.25, 0.3) is 5.91 Å². The second-order valence-electron chi connectivity index (χ2n) is 5.69. The van der Waals surface area contributed by atoms with Crippen LogP contribution in [0.1, 0.15) is 38.1 Å². The van der Waals surface area contributed by atoms with E-state index in [0.717, 1.165) is 0 Å². The van der Waals surface area contributed by atoms with Crippen LogP contribution in [-0.2, 0) is 19.6 Å². The summed E-state index contributed by atoms with van der Waals surface area (Å²) in [6, 6.07) is 5.73. The molecule has 0 aliphatic heterocycles. The number of amides is 1. The number of sulfonamides is 1. The maximum atomic E-state index is 12.5. The predicted molar refractivity (Wildman–Crippen MR) is 90.1 cm³/mol. The molecule has 0 bridgehead atoms. The molecule has 0 aliphatic carbocycles. The summed E-state index contributed by atoms with van der Waals surface area (Å²) in [6.45, 7) is 7.18. The van der Waals surface area contributed by atoms with Gasteiger partial charge < -0.3 is 10.1 Å². The second-order valence-corrected chi connectivity index (χ2v) is 7.63. The number of nitrogens with one attached hydrogen (secondary N) is 1. The lowest BCUT2D eigenvalue weighted by Gasteiger charge is -2.23. The van der Waals surface area contributed by atoms with Crippen molar-refractivity contribution >= 4 is 21.9 Å². The Bertz CT molecular complexity index is 709. The van der Waals surface area contributed by atoms with Crippen LogP contribution in [-0.4, -0.2) is 50.3 Å². The number of esters is 1. The number of rotatable bonds is 7. The van der Waals surface area contributed by atoms with Crippen LogP contribution in [0.4, 0.5) is 0 Å². The highest BCUT2D eigenvalue weighted by Crippen LogP contribution is 2.17. The third kappa shape index (κ3) is 4.33. The summed E-state index contributed by atoms with van der Waals surface area (Å²) in [4.78, 5) is 24.0. The minimum absolute atomic E-state index is 0.0368. The van der Waals surface area contributed by atoms with Gasteiger partial charge in [-0.05, 0) is 32.0 Å². The van der Waals surface area contributed by atoms with Gasteiger partial charge in [-0.1, -0.05) is 19.9 Å². The highest BCUT2D eigenvalue weighted by Gasteiger charge is 2.31. The highest BCUT2D eigenvalue weighted by molar-refractivity contribution is 7.89. The molecule has 134 valence electrons. The Morgan fingerprint density at radius 2 is 1.79 bits per heavy atom. The predicted octanol–water partition coefficient (Wildman–Crippen LogP) is 1.40. The molecule has 0 atom stereocenters. The molecule has 1 amide bonds. The lowest BCUT2D eigenvalue weighted by Crippen LogP contribution is -2.50. The Hall–Kier alpha value is -1.93. The molecule has 1 aromatic rings. The van der Waals surface area contributed by atoms with Crippen LogP contribution in [0.25, 0.3) is 0 Å². The van der Waals surface area contributed by atoms with Gasteiger partial charge in [0.15, 0.2) is 0 Å². The van der Waals surface area contributed by atoms with Crippen LogP contribution in [0.3, 0.4) is 0 Å². The number of ether oxygens (including phenoxy) is 1. The van der Waals surface area contributed by atoms with Crippen molar-refractivity contribution in [3.63, 3.8) is 0 Å². The first-order valence-corrected chi connectivity index (χ1v) is 9.05. The van der Waals surface area contributed by atoms with E-state index in [1.807, 2.05) is 0 Å². The second kappa shape index (κ2) is 7.76. The fraction of sp³-hybridized carbons (Fsp3) is 0.500. The number of carbonyl (C=O) groups is 2. The molecule has 1 rings (SSSR count). The molecular weight excluding hydrogens is 332 g/mol. The Kier molecular flexibility index (Phi) is 6.50. The van der Waals surface area contributed by atoms with Gasteiger partial charge in [-0.25, -0.2) is 13.2 Å². The Labute approximate surface area is 143 Å². The largest absolute Gasteiger partial charge is 0.467 e. The van der Waals surface area contributed by atoms with Crippen LogP contribution in [0.15, 0.2) is 29.2 Å². The number of hydrogen-bond acceptors (Lipinski definition) is 5. The van der Waals surface area contributed by atoms with E-state index in [9.17, 15) is 18.0 Å². The van der Waals surface area contributed by atoms with E-state index < -0.39 is 27.4 Å². The van der Waals surface area contributed by atoms with Crippen molar-refractivity contribution in [3.8, 4) is 0 Å². The van der Waals surface area contributed by atoms with Crippen LogP contribution in [0.2, 0.25) is 0 Å². The molecule has 0 fully saturated rings. The van der Waals surface area contributed by atoms with Crippen LogP contribution in [0, 0.1) is 0 Å². The molecule has 0 saturated carbocycles. The van der Waals surface area contributed by atoms with Gasteiger partial charge in [-0.2, -0.15) is 4.31 Å². The minimum atomic E-state index is -3.66. The molecule has 0 aromatic heterocycles. The van der Waals surface area contributed by atoms with Gasteiger partial charge in [-0.15, -0.1) is 0 Å². The average Bonchev–Trinajstić information content (AvgIpc) is 2.54. The standard InChI is InChI=1S/C16H24N2O5S/c1-6-18(7-2)24(21,22)13-10-8-9-12(11-13)14(19)17-16(3,4)15(20)23-5/h8-11H,6-7H2,1-5H3,(H,17,19). The summed E-state index contributed by atoms with van der Waals surface area (Å²) < 4.78 is 31.0. The topological polar surface area (TPSA) is 92.8 Å². The number of benzene rings is 1. The molecule has 7 nitrogen and oxygen atoms in total. The smallest absolute Gasteiger partial charge is 0.330 e. The normalized spacial score (nSPS) is 12.1. The number of carbonyl (C=O) groups excluding carboxylic acids is 2. The average molecular weight is 356 g/mol. The Balaban J connectivity index is 3.13. The highest BCUT2D eigenvalue weighted by atomic mass is 32.2. The number of hydrogen-bond donors (Lipinski definition) is 1. The first-order valence-electron chi connectivity index (χ1n) is 7.61. The zero-order valence-corrected chi connectivity index (χ0v) is 15.4. The van der Waals surface area contributed by atoms with Crippen LogP contribution < -0.4 is 5.32 Å².